The number of aryl methyl sites for hydroxylation is 2. The molecule has 0 saturated heterocycles. The summed E-state index contributed by atoms with van der Waals surface area (Å²) in [5.74, 6) is 0. The summed E-state index contributed by atoms with van der Waals surface area (Å²) in [7, 11) is 0. The minimum absolute atomic E-state index is 0.219. The molecule has 0 fully saturated rings. The van der Waals surface area contributed by atoms with Crippen molar-refractivity contribution in [1.29, 1.82) is 0 Å². The van der Waals surface area contributed by atoms with Crippen LogP contribution in [-0.4, -0.2) is 13.1 Å². The van der Waals surface area contributed by atoms with Crippen LogP contribution in [0.4, 0.5) is 0 Å². The Hall–Kier alpha value is -1.12. The number of nitrogens with two attached hydrogens (primary N) is 1. The van der Waals surface area contributed by atoms with Crippen molar-refractivity contribution in [3.05, 3.63) is 47.0 Å². The number of benzene rings is 1. The van der Waals surface area contributed by atoms with Gasteiger partial charge >= 0.3 is 0 Å². The molecule has 0 spiro atoms. The molecule has 0 bridgehead atoms. The van der Waals surface area contributed by atoms with Crippen LogP contribution in [0, 0.1) is 13.8 Å². The third-order valence-electron chi connectivity index (χ3n) is 2.70. The number of nitrogens with one attached hydrogen (secondary N) is 1. The van der Waals surface area contributed by atoms with E-state index in [-0.39, 0.29) is 6.04 Å². The predicted molar refractivity (Wildman–Crippen MR) is 70.5 cm³/mol. The first-order chi connectivity index (χ1) is 7.54. The highest BCUT2D eigenvalue weighted by atomic mass is 14.9. The SMILES string of the molecule is C=C(C)CNC(CN)c1cc(C)ccc1C. The van der Waals surface area contributed by atoms with Crippen molar-refractivity contribution >= 4 is 0 Å². The van der Waals surface area contributed by atoms with E-state index in [1.807, 2.05) is 6.92 Å². The van der Waals surface area contributed by atoms with Crippen molar-refractivity contribution in [3.8, 4) is 0 Å². The average Bonchev–Trinajstić information content (AvgIpc) is 2.23. The lowest BCUT2D eigenvalue weighted by atomic mass is 9.99. The largest absolute Gasteiger partial charge is 0.329 e. The molecule has 0 saturated carbocycles. The molecule has 1 unspecified atom stereocenters. The Balaban J connectivity index is 2.85. The second-order valence-electron chi connectivity index (χ2n) is 4.49. The predicted octanol–water partition coefficient (Wildman–Crippen LogP) is 2.47. The quantitative estimate of drug-likeness (QED) is 0.745. The van der Waals surface area contributed by atoms with Gasteiger partial charge in [0.15, 0.2) is 0 Å². The van der Waals surface area contributed by atoms with Gasteiger partial charge in [-0.2, -0.15) is 0 Å². The zero-order valence-electron chi connectivity index (χ0n) is 10.5. The average molecular weight is 218 g/mol. The van der Waals surface area contributed by atoms with E-state index in [2.05, 4.69) is 43.9 Å². The van der Waals surface area contributed by atoms with Gasteiger partial charge in [-0.3, -0.25) is 0 Å². The van der Waals surface area contributed by atoms with Gasteiger partial charge in [0, 0.05) is 19.1 Å². The smallest absolute Gasteiger partial charge is 0.0449 e. The fraction of sp³-hybridized carbons (Fsp3) is 0.429. The Morgan fingerprint density at radius 1 is 1.44 bits per heavy atom. The maximum Gasteiger partial charge on any atom is 0.0449 e. The van der Waals surface area contributed by atoms with Gasteiger partial charge in [-0.15, -0.1) is 0 Å². The maximum atomic E-state index is 5.82. The van der Waals surface area contributed by atoms with Gasteiger partial charge in [-0.05, 0) is 31.9 Å². The molecule has 2 heteroatoms. The van der Waals surface area contributed by atoms with Crippen molar-refractivity contribution in [2.75, 3.05) is 13.1 Å². The van der Waals surface area contributed by atoms with Gasteiger partial charge in [0.2, 0.25) is 0 Å². The molecule has 1 aromatic carbocycles. The molecular formula is C14H22N2. The monoisotopic (exact) mass is 218 g/mol. The summed E-state index contributed by atoms with van der Waals surface area (Å²) in [5.41, 5.74) is 10.8. The third kappa shape index (κ3) is 3.47. The fourth-order valence-electron chi connectivity index (χ4n) is 1.75. The molecular weight excluding hydrogens is 196 g/mol. The molecule has 2 nitrogen and oxygen atoms in total. The topological polar surface area (TPSA) is 38.0 Å². The van der Waals surface area contributed by atoms with Crippen LogP contribution in [0.15, 0.2) is 30.4 Å². The summed E-state index contributed by atoms with van der Waals surface area (Å²) in [5, 5.41) is 3.43. The normalized spacial score (nSPS) is 12.5. The van der Waals surface area contributed by atoms with Crippen LogP contribution in [0.25, 0.3) is 0 Å². The lowest BCUT2D eigenvalue weighted by Gasteiger charge is -2.20. The molecule has 0 amide bonds. The van der Waals surface area contributed by atoms with Crippen LogP contribution in [0.5, 0.6) is 0 Å². The maximum absolute atomic E-state index is 5.82. The lowest BCUT2D eigenvalue weighted by molar-refractivity contribution is 0.566. The molecule has 88 valence electrons. The van der Waals surface area contributed by atoms with Crippen molar-refractivity contribution in [1.82, 2.24) is 5.32 Å². The van der Waals surface area contributed by atoms with E-state index in [0.717, 1.165) is 12.1 Å². The van der Waals surface area contributed by atoms with Crippen LogP contribution in [0.2, 0.25) is 0 Å². The summed E-state index contributed by atoms with van der Waals surface area (Å²) in [4.78, 5) is 0. The van der Waals surface area contributed by atoms with Crippen molar-refractivity contribution in [2.45, 2.75) is 26.8 Å². The second kappa shape index (κ2) is 5.83. The van der Waals surface area contributed by atoms with Crippen molar-refractivity contribution in [2.24, 2.45) is 5.73 Å². The van der Waals surface area contributed by atoms with Crippen LogP contribution in [0.1, 0.15) is 29.7 Å². The molecule has 0 aliphatic carbocycles. The Morgan fingerprint density at radius 3 is 2.69 bits per heavy atom. The molecule has 0 heterocycles. The Bertz CT molecular complexity index is 369. The van der Waals surface area contributed by atoms with Gasteiger partial charge in [-0.1, -0.05) is 35.9 Å². The van der Waals surface area contributed by atoms with Crippen LogP contribution in [-0.2, 0) is 0 Å². The zero-order chi connectivity index (χ0) is 12.1. The molecule has 16 heavy (non-hydrogen) atoms. The van der Waals surface area contributed by atoms with Gasteiger partial charge in [0.25, 0.3) is 0 Å². The van der Waals surface area contributed by atoms with E-state index < -0.39 is 0 Å². The highest BCUT2D eigenvalue weighted by Gasteiger charge is 2.11. The van der Waals surface area contributed by atoms with Crippen LogP contribution in [0.3, 0.4) is 0 Å². The van der Waals surface area contributed by atoms with E-state index in [0.29, 0.717) is 6.54 Å². The summed E-state index contributed by atoms with van der Waals surface area (Å²) in [6.45, 7) is 11.6. The first kappa shape index (κ1) is 12.9. The standard InChI is InChI=1S/C14H22N2/c1-10(2)9-16-14(8-15)13-7-11(3)5-6-12(13)4/h5-7,14,16H,1,8-9,15H2,2-4H3. The Labute approximate surface area is 98.6 Å². The number of hydrogen-bond donors (Lipinski definition) is 2. The van der Waals surface area contributed by atoms with Gasteiger partial charge in [-0.25, -0.2) is 0 Å². The summed E-state index contributed by atoms with van der Waals surface area (Å²) in [6, 6.07) is 6.70. The van der Waals surface area contributed by atoms with Gasteiger partial charge in [0.05, 0.1) is 0 Å². The second-order valence-corrected chi connectivity index (χ2v) is 4.49. The highest BCUT2D eigenvalue weighted by Crippen LogP contribution is 2.18. The minimum Gasteiger partial charge on any atom is -0.329 e. The molecule has 0 aromatic heterocycles. The first-order valence-corrected chi connectivity index (χ1v) is 5.69. The van der Waals surface area contributed by atoms with Gasteiger partial charge in [0.1, 0.15) is 0 Å². The van der Waals surface area contributed by atoms with E-state index in [9.17, 15) is 0 Å². The Morgan fingerprint density at radius 2 is 2.12 bits per heavy atom. The highest BCUT2D eigenvalue weighted by molar-refractivity contribution is 5.33. The number of hydrogen-bond acceptors (Lipinski definition) is 2. The third-order valence-corrected chi connectivity index (χ3v) is 2.70. The molecule has 1 aromatic rings. The minimum atomic E-state index is 0.219. The lowest BCUT2D eigenvalue weighted by Crippen LogP contribution is -2.30. The molecule has 1 atom stereocenters. The van der Waals surface area contributed by atoms with Crippen LogP contribution >= 0.6 is 0 Å². The summed E-state index contributed by atoms with van der Waals surface area (Å²) in [6.07, 6.45) is 0. The molecule has 1 rings (SSSR count). The molecule has 3 N–H and O–H groups in total. The molecule has 0 aliphatic heterocycles. The van der Waals surface area contributed by atoms with Crippen LogP contribution < -0.4 is 11.1 Å². The van der Waals surface area contributed by atoms with Crippen molar-refractivity contribution in [3.63, 3.8) is 0 Å². The first-order valence-electron chi connectivity index (χ1n) is 5.69. The van der Waals surface area contributed by atoms with Crippen molar-refractivity contribution < 1.29 is 0 Å². The van der Waals surface area contributed by atoms with Gasteiger partial charge < -0.3 is 11.1 Å². The van der Waals surface area contributed by atoms with E-state index in [1.54, 1.807) is 0 Å². The molecule has 0 aliphatic rings. The Kier molecular flexibility index (Phi) is 4.71. The van der Waals surface area contributed by atoms with E-state index in [4.69, 9.17) is 5.73 Å². The summed E-state index contributed by atoms with van der Waals surface area (Å²) >= 11 is 0. The summed E-state index contributed by atoms with van der Waals surface area (Å²) < 4.78 is 0. The zero-order valence-corrected chi connectivity index (χ0v) is 10.5. The van der Waals surface area contributed by atoms with E-state index in [1.165, 1.54) is 16.7 Å². The number of rotatable bonds is 5. The fourth-order valence-corrected chi connectivity index (χ4v) is 1.75. The van der Waals surface area contributed by atoms with E-state index >= 15 is 0 Å². The molecule has 0 radical (unpaired) electrons.